The Kier molecular flexibility index (Phi) is 4.05. The number of allylic oxidation sites excluding steroid dienone is 2. The fourth-order valence-corrected chi connectivity index (χ4v) is 2.51. The van der Waals surface area contributed by atoms with E-state index in [0.717, 1.165) is 0 Å². The van der Waals surface area contributed by atoms with Gasteiger partial charge in [-0.05, 0) is 30.7 Å². The Hall–Kier alpha value is -3.12. The topological polar surface area (TPSA) is 96.4 Å². The van der Waals surface area contributed by atoms with Crippen LogP contribution in [0.2, 0.25) is 0 Å². The minimum atomic E-state index is -0.411. The standard InChI is InChI=1S/C18H14N2O4/c1-10(22)12-4-2-3-5-14(12)20-15-7-16(23)17-13(18(15)24)6-11(9-21)8-19-17/h2-8,20-21H,9H2,1H3. The lowest BCUT2D eigenvalue weighted by atomic mass is 9.95. The molecule has 2 aromatic rings. The molecular formula is C18H14N2O4. The van der Waals surface area contributed by atoms with Crippen molar-refractivity contribution < 1.29 is 19.5 Å². The number of anilines is 1. The highest BCUT2D eigenvalue weighted by atomic mass is 16.3. The minimum Gasteiger partial charge on any atom is -0.392 e. The van der Waals surface area contributed by atoms with E-state index in [1.54, 1.807) is 24.3 Å². The highest BCUT2D eigenvalue weighted by Crippen LogP contribution is 2.24. The van der Waals surface area contributed by atoms with Gasteiger partial charge in [-0.15, -0.1) is 0 Å². The molecule has 0 amide bonds. The number of pyridine rings is 1. The maximum absolute atomic E-state index is 12.6. The summed E-state index contributed by atoms with van der Waals surface area (Å²) in [4.78, 5) is 40.5. The number of hydrogen-bond acceptors (Lipinski definition) is 6. The molecule has 1 aliphatic rings. The van der Waals surface area contributed by atoms with Gasteiger partial charge in [-0.3, -0.25) is 19.4 Å². The number of carbonyl (C=O) groups excluding carboxylic acids is 3. The van der Waals surface area contributed by atoms with Crippen molar-refractivity contribution in [1.29, 1.82) is 0 Å². The summed E-state index contributed by atoms with van der Waals surface area (Å²) < 4.78 is 0. The summed E-state index contributed by atoms with van der Waals surface area (Å²) in [5.74, 6) is -0.972. The maximum atomic E-state index is 12.6. The van der Waals surface area contributed by atoms with Crippen LogP contribution in [0.3, 0.4) is 0 Å². The average molecular weight is 322 g/mol. The molecule has 0 saturated carbocycles. The number of rotatable bonds is 4. The van der Waals surface area contributed by atoms with Crippen molar-refractivity contribution in [1.82, 2.24) is 4.98 Å². The van der Waals surface area contributed by atoms with Crippen molar-refractivity contribution >= 4 is 23.0 Å². The van der Waals surface area contributed by atoms with Crippen molar-refractivity contribution in [3.05, 3.63) is 70.7 Å². The van der Waals surface area contributed by atoms with Gasteiger partial charge in [0.15, 0.2) is 5.78 Å². The Morgan fingerprint density at radius 3 is 2.71 bits per heavy atom. The zero-order valence-corrected chi connectivity index (χ0v) is 12.9. The van der Waals surface area contributed by atoms with E-state index in [-0.39, 0.29) is 29.3 Å². The number of fused-ring (bicyclic) bond motifs is 1. The number of aliphatic hydroxyl groups is 1. The number of nitrogens with zero attached hydrogens (tertiary/aromatic N) is 1. The molecule has 6 nitrogen and oxygen atoms in total. The molecule has 1 aromatic carbocycles. The second kappa shape index (κ2) is 6.17. The summed E-state index contributed by atoms with van der Waals surface area (Å²) in [7, 11) is 0. The molecule has 0 aliphatic heterocycles. The molecular weight excluding hydrogens is 308 g/mol. The largest absolute Gasteiger partial charge is 0.392 e. The second-order valence-electron chi connectivity index (χ2n) is 5.38. The molecule has 0 spiro atoms. The van der Waals surface area contributed by atoms with Crippen LogP contribution in [0, 0.1) is 0 Å². The third-order valence-corrected chi connectivity index (χ3v) is 3.70. The lowest BCUT2D eigenvalue weighted by Gasteiger charge is -2.17. The van der Waals surface area contributed by atoms with Gasteiger partial charge in [0.05, 0.1) is 17.9 Å². The minimum absolute atomic E-state index is 0.0580. The number of benzene rings is 1. The monoisotopic (exact) mass is 322 g/mol. The van der Waals surface area contributed by atoms with Crippen LogP contribution in [0.5, 0.6) is 0 Å². The van der Waals surface area contributed by atoms with Gasteiger partial charge in [-0.25, -0.2) is 0 Å². The first-order chi connectivity index (χ1) is 11.5. The first-order valence-electron chi connectivity index (χ1n) is 7.28. The second-order valence-corrected chi connectivity index (χ2v) is 5.38. The van der Waals surface area contributed by atoms with E-state index in [0.29, 0.717) is 16.8 Å². The molecule has 1 aromatic heterocycles. The van der Waals surface area contributed by atoms with Crippen LogP contribution in [0.1, 0.15) is 43.7 Å². The first kappa shape index (κ1) is 15.8. The lowest BCUT2D eigenvalue weighted by Crippen LogP contribution is -2.23. The highest BCUT2D eigenvalue weighted by Gasteiger charge is 2.27. The van der Waals surface area contributed by atoms with Crippen LogP contribution in [-0.2, 0) is 6.61 Å². The fourth-order valence-electron chi connectivity index (χ4n) is 2.51. The fraction of sp³-hybridized carbons (Fsp3) is 0.111. The molecule has 1 heterocycles. The number of ketones is 3. The third-order valence-electron chi connectivity index (χ3n) is 3.70. The zero-order valence-electron chi connectivity index (χ0n) is 12.9. The highest BCUT2D eigenvalue weighted by molar-refractivity contribution is 6.24. The smallest absolute Gasteiger partial charge is 0.211 e. The van der Waals surface area contributed by atoms with E-state index in [4.69, 9.17) is 0 Å². The number of nitrogens with one attached hydrogen (secondary N) is 1. The Bertz CT molecular complexity index is 900. The normalized spacial score (nSPS) is 13.3. The van der Waals surface area contributed by atoms with Crippen molar-refractivity contribution in [3.8, 4) is 0 Å². The summed E-state index contributed by atoms with van der Waals surface area (Å²) >= 11 is 0. The van der Waals surface area contributed by atoms with E-state index in [9.17, 15) is 19.5 Å². The number of carbonyl (C=O) groups is 3. The Morgan fingerprint density at radius 1 is 1.25 bits per heavy atom. The Morgan fingerprint density at radius 2 is 2.00 bits per heavy atom. The lowest BCUT2D eigenvalue weighted by molar-refractivity contribution is 0.0981. The molecule has 3 rings (SSSR count). The van der Waals surface area contributed by atoms with Gasteiger partial charge in [0.25, 0.3) is 0 Å². The van der Waals surface area contributed by atoms with E-state index >= 15 is 0 Å². The van der Waals surface area contributed by atoms with Crippen LogP contribution in [0.25, 0.3) is 0 Å². The molecule has 0 unspecified atom stereocenters. The summed E-state index contributed by atoms with van der Waals surface area (Å²) in [6.07, 6.45) is 2.54. The van der Waals surface area contributed by atoms with Gasteiger partial charge in [-0.2, -0.15) is 0 Å². The predicted molar refractivity (Wildman–Crippen MR) is 87.0 cm³/mol. The molecule has 0 fully saturated rings. The number of aliphatic hydroxyl groups excluding tert-OH is 1. The number of Topliss-reactive ketones (excluding diaryl/α,β-unsaturated/α-hetero) is 2. The van der Waals surface area contributed by atoms with Crippen LogP contribution >= 0.6 is 0 Å². The van der Waals surface area contributed by atoms with Gasteiger partial charge < -0.3 is 10.4 Å². The van der Waals surface area contributed by atoms with Crippen LogP contribution in [0.4, 0.5) is 5.69 Å². The van der Waals surface area contributed by atoms with Gasteiger partial charge in [0, 0.05) is 23.5 Å². The van der Waals surface area contributed by atoms with Crippen LogP contribution < -0.4 is 5.32 Å². The molecule has 120 valence electrons. The molecule has 0 saturated heterocycles. The number of para-hydroxylation sites is 1. The molecule has 24 heavy (non-hydrogen) atoms. The molecule has 2 N–H and O–H groups in total. The van der Waals surface area contributed by atoms with Crippen LogP contribution in [0.15, 0.2) is 48.3 Å². The van der Waals surface area contributed by atoms with Gasteiger partial charge in [-0.1, -0.05) is 12.1 Å². The molecule has 0 bridgehead atoms. The van der Waals surface area contributed by atoms with E-state index in [1.807, 2.05) is 0 Å². The first-order valence-corrected chi connectivity index (χ1v) is 7.28. The summed E-state index contributed by atoms with van der Waals surface area (Å²) in [6, 6.07) is 8.20. The van der Waals surface area contributed by atoms with Crippen molar-refractivity contribution in [2.75, 3.05) is 5.32 Å². The zero-order chi connectivity index (χ0) is 17.3. The molecule has 0 atom stereocenters. The molecule has 6 heteroatoms. The summed E-state index contributed by atoms with van der Waals surface area (Å²) in [5, 5.41) is 12.1. The van der Waals surface area contributed by atoms with E-state index < -0.39 is 11.6 Å². The molecule has 1 aliphatic carbocycles. The predicted octanol–water partition coefficient (Wildman–Crippen LogP) is 2.15. The van der Waals surface area contributed by atoms with Gasteiger partial charge in [0.1, 0.15) is 5.69 Å². The SMILES string of the molecule is CC(=O)c1ccccc1NC1=CC(=O)c2ncc(CO)cc2C1=O. The number of hydrogen-bond donors (Lipinski definition) is 2. The third kappa shape index (κ3) is 2.75. The quantitative estimate of drug-likeness (QED) is 0.837. The van der Waals surface area contributed by atoms with E-state index in [1.165, 1.54) is 25.3 Å². The van der Waals surface area contributed by atoms with Crippen molar-refractivity contribution in [3.63, 3.8) is 0 Å². The van der Waals surface area contributed by atoms with E-state index in [2.05, 4.69) is 10.3 Å². The van der Waals surface area contributed by atoms with Crippen molar-refractivity contribution in [2.24, 2.45) is 0 Å². The number of aromatic nitrogens is 1. The molecule has 0 radical (unpaired) electrons. The maximum Gasteiger partial charge on any atom is 0.211 e. The van der Waals surface area contributed by atoms with Gasteiger partial charge in [0.2, 0.25) is 11.6 Å². The Labute approximate surface area is 137 Å². The van der Waals surface area contributed by atoms with Crippen molar-refractivity contribution in [2.45, 2.75) is 13.5 Å². The summed E-state index contributed by atoms with van der Waals surface area (Å²) in [5.41, 5.74) is 1.58. The Balaban J connectivity index is 2.00. The van der Waals surface area contributed by atoms with Gasteiger partial charge >= 0.3 is 0 Å². The van der Waals surface area contributed by atoms with Crippen LogP contribution in [-0.4, -0.2) is 27.4 Å². The average Bonchev–Trinajstić information content (AvgIpc) is 2.59. The summed E-state index contributed by atoms with van der Waals surface area (Å²) in [6.45, 7) is 1.15.